The molecule has 0 aromatic heterocycles. The highest BCUT2D eigenvalue weighted by atomic mass is 16.3. The van der Waals surface area contributed by atoms with E-state index in [1.165, 1.54) is 5.69 Å². The summed E-state index contributed by atoms with van der Waals surface area (Å²) in [5.41, 5.74) is 2.68. The molecule has 1 aliphatic rings. The Hall–Kier alpha value is -1.42. The van der Waals surface area contributed by atoms with Crippen LogP contribution in [0.25, 0.3) is 0 Å². The van der Waals surface area contributed by atoms with Crippen LogP contribution in [0, 0.1) is 11.8 Å². The van der Waals surface area contributed by atoms with Crippen LogP contribution < -0.4 is 4.90 Å². The van der Waals surface area contributed by atoms with E-state index in [1.807, 2.05) is 19.1 Å². The third-order valence-corrected chi connectivity index (χ3v) is 3.15. The molecule has 0 aliphatic carbocycles. The fourth-order valence-electron chi connectivity index (χ4n) is 2.00. The van der Waals surface area contributed by atoms with Crippen molar-refractivity contribution in [2.45, 2.75) is 6.92 Å². The van der Waals surface area contributed by atoms with Gasteiger partial charge >= 0.3 is 0 Å². The quantitative estimate of drug-likeness (QED) is 0.715. The molecule has 0 atom stereocenters. The van der Waals surface area contributed by atoms with Crippen LogP contribution in [-0.4, -0.2) is 38.1 Å². The van der Waals surface area contributed by atoms with Crippen molar-refractivity contribution in [1.82, 2.24) is 4.90 Å². The SMILES string of the molecule is Cc1cc(N2CCN(C)CC2)ccc1N=O. The number of hydrogen-bond donors (Lipinski definition) is 0. The van der Waals surface area contributed by atoms with Crippen LogP contribution in [-0.2, 0) is 0 Å². The van der Waals surface area contributed by atoms with Crippen molar-refractivity contribution in [3.8, 4) is 0 Å². The zero-order valence-electron chi connectivity index (χ0n) is 9.81. The molecule has 0 bridgehead atoms. The molecule has 0 amide bonds. The van der Waals surface area contributed by atoms with Gasteiger partial charge in [-0.25, -0.2) is 0 Å². The van der Waals surface area contributed by atoms with Gasteiger partial charge in [0, 0.05) is 31.9 Å². The van der Waals surface area contributed by atoms with E-state index in [4.69, 9.17) is 0 Å². The Morgan fingerprint density at radius 3 is 2.44 bits per heavy atom. The van der Waals surface area contributed by atoms with Gasteiger partial charge in [-0.1, -0.05) is 0 Å². The maximum atomic E-state index is 10.5. The van der Waals surface area contributed by atoms with E-state index < -0.39 is 0 Å². The molecule has 2 rings (SSSR count). The van der Waals surface area contributed by atoms with Crippen LogP contribution in [0.5, 0.6) is 0 Å². The smallest absolute Gasteiger partial charge is 0.111 e. The number of nitroso groups, excluding NO2 is 1. The molecule has 1 aromatic rings. The fraction of sp³-hybridized carbons (Fsp3) is 0.500. The summed E-state index contributed by atoms with van der Waals surface area (Å²) >= 11 is 0. The predicted molar refractivity (Wildman–Crippen MR) is 66.3 cm³/mol. The first kappa shape index (κ1) is 11.1. The molecule has 0 saturated carbocycles. The number of likely N-dealkylation sites (N-methyl/N-ethyl adjacent to an activating group) is 1. The summed E-state index contributed by atoms with van der Waals surface area (Å²) < 4.78 is 0. The lowest BCUT2D eigenvalue weighted by Crippen LogP contribution is -2.44. The van der Waals surface area contributed by atoms with Crippen LogP contribution in [0.2, 0.25) is 0 Å². The van der Waals surface area contributed by atoms with Gasteiger partial charge < -0.3 is 9.80 Å². The highest BCUT2D eigenvalue weighted by Gasteiger charge is 2.14. The molecule has 16 heavy (non-hydrogen) atoms. The average Bonchev–Trinajstić information content (AvgIpc) is 2.30. The van der Waals surface area contributed by atoms with Crippen molar-refractivity contribution in [2.75, 3.05) is 38.1 Å². The number of anilines is 1. The minimum absolute atomic E-state index is 0.540. The molecule has 1 aromatic carbocycles. The van der Waals surface area contributed by atoms with Crippen molar-refractivity contribution in [3.63, 3.8) is 0 Å². The summed E-state index contributed by atoms with van der Waals surface area (Å²) in [5, 5.41) is 2.99. The maximum absolute atomic E-state index is 10.5. The standard InChI is InChI=1S/C12H17N3O/c1-10-9-11(3-4-12(10)13-16)15-7-5-14(2)6-8-15/h3-4,9H,5-8H2,1-2H3. The third kappa shape index (κ3) is 2.22. The van der Waals surface area contributed by atoms with Crippen molar-refractivity contribution in [3.05, 3.63) is 28.7 Å². The van der Waals surface area contributed by atoms with Crippen LogP contribution in [0.3, 0.4) is 0 Å². The summed E-state index contributed by atoms with van der Waals surface area (Å²) in [4.78, 5) is 15.2. The van der Waals surface area contributed by atoms with Gasteiger partial charge in [0.25, 0.3) is 0 Å². The lowest BCUT2D eigenvalue weighted by molar-refractivity contribution is 0.313. The Bertz CT molecular complexity index is 384. The van der Waals surface area contributed by atoms with E-state index >= 15 is 0 Å². The highest BCUT2D eigenvalue weighted by Crippen LogP contribution is 2.25. The summed E-state index contributed by atoms with van der Waals surface area (Å²) in [6, 6.07) is 5.83. The number of piperazine rings is 1. The summed E-state index contributed by atoms with van der Waals surface area (Å²) in [6.45, 7) is 6.20. The van der Waals surface area contributed by atoms with Crippen molar-refractivity contribution < 1.29 is 0 Å². The van der Waals surface area contributed by atoms with Crippen molar-refractivity contribution >= 4 is 11.4 Å². The zero-order valence-corrected chi connectivity index (χ0v) is 9.81. The van der Waals surface area contributed by atoms with Gasteiger partial charge in [0.15, 0.2) is 0 Å². The molecule has 1 fully saturated rings. The van der Waals surface area contributed by atoms with Gasteiger partial charge in [0.05, 0.1) is 0 Å². The second kappa shape index (κ2) is 4.61. The average molecular weight is 219 g/mol. The Kier molecular flexibility index (Phi) is 3.19. The Morgan fingerprint density at radius 2 is 1.88 bits per heavy atom. The van der Waals surface area contributed by atoms with E-state index in [9.17, 15) is 4.91 Å². The first-order valence-electron chi connectivity index (χ1n) is 5.58. The van der Waals surface area contributed by atoms with Gasteiger partial charge in [-0.05, 0) is 42.9 Å². The Labute approximate surface area is 95.8 Å². The molecule has 0 spiro atoms. The number of benzene rings is 1. The van der Waals surface area contributed by atoms with E-state index in [0.29, 0.717) is 5.69 Å². The molecule has 4 nitrogen and oxygen atoms in total. The summed E-state index contributed by atoms with van der Waals surface area (Å²) in [6.07, 6.45) is 0. The van der Waals surface area contributed by atoms with Crippen LogP contribution >= 0.6 is 0 Å². The largest absolute Gasteiger partial charge is 0.369 e. The number of rotatable bonds is 2. The van der Waals surface area contributed by atoms with Crippen LogP contribution in [0.4, 0.5) is 11.4 Å². The topological polar surface area (TPSA) is 35.9 Å². The molecule has 4 heteroatoms. The third-order valence-electron chi connectivity index (χ3n) is 3.15. The highest BCUT2D eigenvalue weighted by molar-refractivity contribution is 5.57. The monoisotopic (exact) mass is 219 g/mol. The van der Waals surface area contributed by atoms with E-state index in [1.54, 1.807) is 6.07 Å². The number of aryl methyl sites for hydroxylation is 1. The lowest BCUT2D eigenvalue weighted by Gasteiger charge is -2.34. The van der Waals surface area contributed by atoms with Crippen LogP contribution in [0.15, 0.2) is 23.4 Å². The van der Waals surface area contributed by atoms with Gasteiger partial charge in [-0.2, -0.15) is 0 Å². The maximum Gasteiger partial charge on any atom is 0.111 e. The molecular formula is C12H17N3O. The van der Waals surface area contributed by atoms with Crippen molar-refractivity contribution in [2.24, 2.45) is 5.18 Å². The molecule has 0 N–H and O–H groups in total. The van der Waals surface area contributed by atoms with Crippen LogP contribution in [0.1, 0.15) is 5.56 Å². The van der Waals surface area contributed by atoms with Gasteiger partial charge in [0.1, 0.15) is 5.69 Å². The van der Waals surface area contributed by atoms with Gasteiger partial charge in [-0.3, -0.25) is 0 Å². The molecule has 0 radical (unpaired) electrons. The van der Waals surface area contributed by atoms with Gasteiger partial charge in [-0.15, -0.1) is 4.91 Å². The Balaban J connectivity index is 2.15. The first-order chi connectivity index (χ1) is 7.70. The number of nitrogens with zero attached hydrogens (tertiary/aromatic N) is 3. The van der Waals surface area contributed by atoms with E-state index in [2.05, 4.69) is 22.0 Å². The Morgan fingerprint density at radius 1 is 1.19 bits per heavy atom. The summed E-state index contributed by atoms with van der Waals surface area (Å²) in [7, 11) is 2.14. The minimum atomic E-state index is 0.540. The number of hydrogen-bond acceptors (Lipinski definition) is 4. The first-order valence-corrected chi connectivity index (χ1v) is 5.58. The molecule has 1 aliphatic heterocycles. The van der Waals surface area contributed by atoms with Crippen molar-refractivity contribution in [1.29, 1.82) is 0 Å². The fourth-order valence-corrected chi connectivity index (χ4v) is 2.00. The minimum Gasteiger partial charge on any atom is -0.369 e. The second-order valence-corrected chi connectivity index (χ2v) is 4.35. The molecule has 0 unspecified atom stereocenters. The van der Waals surface area contributed by atoms with E-state index in [-0.39, 0.29) is 0 Å². The molecule has 1 heterocycles. The normalized spacial score (nSPS) is 17.5. The molecule has 86 valence electrons. The zero-order chi connectivity index (χ0) is 11.5. The molecular weight excluding hydrogens is 202 g/mol. The predicted octanol–water partition coefficient (Wildman–Crippen LogP) is 2.14. The van der Waals surface area contributed by atoms with E-state index in [0.717, 1.165) is 31.7 Å². The lowest BCUT2D eigenvalue weighted by atomic mass is 10.1. The second-order valence-electron chi connectivity index (χ2n) is 4.35. The molecule has 1 saturated heterocycles. The van der Waals surface area contributed by atoms with Gasteiger partial charge in [0.2, 0.25) is 0 Å². The summed E-state index contributed by atoms with van der Waals surface area (Å²) in [5.74, 6) is 0.